The van der Waals surface area contributed by atoms with E-state index in [0.717, 1.165) is 30.8 Å². The molecule has 0 atom stereocenters. The topological polar surface area (TPSA) is 38.5 Å². The Morgan fingerprint density at radius 3 is 2.37 bits per heavy atom. The van der Waals surface area contributed by atoms with Gasteiger partial charge in [0.2, 0.25) is 0 Å². The molecule has 0 aromatic heterocycles. The van der Waals surface area contributed by atoms with Gasteiger partial charge in [-0.2, -0.15) is 0 Å². The molecular weight excluding hydrogens is 236 g/mol. The molecule has 0 saturated carbocycles. The van der Waals surface area contributed by atoms with E-state index >= 15 is 0 Å². The van der Waals surface area contributed by atoms with Gasteiger partial charge in [0, 0.05) is 5.69 Å². The highest BCUT2D eigenvalue weighted by Gasteiger charge is 2.06. The Morgan fingerprint density at radius 1 is 1.11 bits per heavy atom. The van der Waals surface area contributed by atoms with E-state index in [2.05, 4.69) is 18.7 Å². The fourth-order valence-corrected chi connectivity index (χ4v) is 2.45. The SMILES string of the molecule is CCCN(CCC)CCCc1cc(N)ccc1OC. The number of methoxy groups -OCH3 is 1. The van der Waals surface area contributed by atoms with Crippen molar-refractivity contribution in [1.82, 2.24) is 4.90 Å². The highest BCUT2D eigenvalue weighted by atomic mass is 16.5. The van der Waals surface area contributed by atoms with E-state index in [9.17, 15) is 0 Å². The van der Waals surface area contributed by atoms with Crippen LogP contribution < -0.4 is 10.5 Å². The lowest BCUT2D eigenvalue weighted by molar-refractivity contribution is 0.271. The van der Waals surface area contributed by atoms with Crippen molar-refractivity contribution in [3.05, 3.63) is 23.8 Å². The number of rotatable bonds is 9. The Bertz CT molecular complexity index is 360. The molecule has 0 fully saturated rings. The van der Waals surface area contributed by atoms with Gasteiger partial charge < -0.3 is 15.4 Å². The van der Waals surface area contributed by atoms with Crippen molar-refractivity contribution in [3.8, 4) is 5.75 Å². The third-order valence-corrected chi connectivity index (χ3v) is 3.30. The number of ether oxygens (including phenoxy) is 1. The molecule has 0 bridgehead atoms. The molecule has 3 heteroatoms. The Labute approximate surface area is 117 Å². The summed E-state index contributed by atoms with van der Waals surface area (Å²) >= 11 is 0. The van der Waals surface area contributed by atoms with E-state index in [1.807, 2.05) is 18.2 Å². The monoisotopic (exact) mass is 264 g/mol. The minimum atomic E-state index is 0.815. The third kappa shape index (κ3) is 5.52. The van der Waals surface area contributed by atoms with Gasteiger partial charge in [-0.05, 0) is 69.1 Å². The molecule has 1 rings (SSSR count). The lowest BCUT2D eigenvalue weighted by Gasteiger charge is -2.21. The predicted molar refractivity (Wildman–Crippen MR) is 82.7 cm³/mol. The summed E-state index contributed by atoms with van der Waals surface area (Å²) in [5.74, 6) is 0.951. The first-order valence-electron chi connectivity index (χ1n) is 7.36. The highest BCUT2D eigenvalue weighted by Crippen LogP contribution is 2.22. The van der Waals surface area contributed by atoms with Crippen LogP contribution in [0, 0.1) is 0 Å². The van der Waals surface area contributed by atoms with Crippen LogP contribution in [0.2, 0.25) is 0 Å². The summed E-state index contributed by atoms with van der Waals surface area (Å²) < 4.78 is 5.38. The molecule has 0 amide bonds. The number of hydrogen-bond donors (Lipinski definition) is 1. The zero-order valence-electron chi connectivity index (χ0n) is 12.6. The molecule has 0 unspecified atom stereocenters. The van der Waals surface area contributed by atoms with Crippen molar-refractivity contribution in [3.63, 3.8) is 0 Å². The van der Waals surface area contributed by atoms with Crippen LogP contribution in [0.3, 0.4) is 0 Å². The van der Waals surface area contributed by atoms with E-state index in [4.69, 9.17) is 10.5 Å². The van der Waals surface area contributed by atoms with Crippen molar-refractivity contribution in [2.45, 2.75) is 39.5 Å². The van der Waals surface area contributed by atoms with Gasteiger partial charge in [-0.15, -0.1) is 0 Å². The van der Waals surface area contributed by atoms with E-state index in [-0.39, 0.29) is 0 Å². The Hall–Kier alpha value is -1.22. The van der Waals surface area contributed by atoms with Gasteiger partial charge in [0.15, 0.2) is 0 Å². The molecule has 0 radical (unpaired) electrons. The molecule has 0 saturated heterocycles. The van der Waals surface area contributed by atoms with Crippen molar-refractivity contribution in [2.24, 2.45) is 0 Å². The Balaban J connectivity index is 2.49. The molecule has 0 aliphatic heterocycles. The van der Waals surface area contributed by atoms with E-state index < -0.39 is 0 Å². The van der Waals surface area contributed by atoms with Crippen LogP contribution in [-0.4, -0.2) is 31.6 Å². The maximum atomic E-state index is 5.84. The normalized spacial score (nSPS) is 10.9. The van der Waals surface area contributed by atoms with Gasteiger partial charge in [0.05, 0.1) is 7.11 Å². The number of benzene rings is 1. The zero-order chi connectivity index (χ0) is 14.1. The second-order valence-electron chi connectivity index (χ2n) is 5.02. The summed E-state index contributed by atoms with van der Waals surface area (Å²) in [6, 6.07) is 5.88. The van der Waals surface area contributed by atoms with Crippen molar-refractivity contribution < 1.29 is 4.74 Å². The molecule has 2 N–H and O–H groups in total. The number of nitrogen functional groups attached to an aromatic ring is 1. The van der Waals surface area contributed by atoms with Gasteiger partial charge in [-0.1, -0.05) is 13.8 Å². The predicted octanol–water partition coefficient (Wildman–Crippen LogP) is 3.33. The van der Waals surface area contributed by atoms with Crippen molar-refractivity contribution >= 4 is 5.69 Å². The van der Waals surface area contributed by atoms with Crippen LogP contribution in [0.5, 0.6) is 5.75 Å². The minimum absolute atomic E-state index is 0.815. The third-order valence-electron chi connectivity index (χ3n) is 3.30. The van der Waals surface area contributed by atoms with Crippen LogP contribution in [0.25, 0.3) is 0 Å². The van der Waals surface area contributed by atoms with Gasteiger partial charge >= 0.3 is 0 Å². The fraction of sp³-hybridized carbons (Fsp3) is 0.625. The molecule has 0 aliphatic carbocycles. The maximum Gasteiger partial charge on any atom is 0.122 e. The van der Waals surface area contributed by atoms with Crippen molar-refractivity contribution in [1.29, 1.82) is 0 Å². The molecule has 3 nitrogen and oxygen atoms in total. The molecule has 108 valence electrons. The molecule has 0 spiro atoms. The van der Waals surface area contributed by atoms with Crippen LogP contribution >= 0.6 is 0 Å². The first-order valence-corrected chi connectivity index (χ1v) is 7.36. The van der Waals surface area contributed by atoms with E-state index in [0.29, 0.717) is 0 Å². The second-order valence-corrected chi connectivity index (χ2v) is 5.02. The number of anilines is 1. The summed E-state index contributed by atoms with van der Waals surface area (Å²) in [7, 11) is 1.72. The van der Waals surface area contributed by atoms with Gasteiger partial charge in [0.1, 0.15) is 5.75 Å². The highest BCUT2D eigenvalue weighted by molar-refractivity contribution is 5.47. The van der Waals surface area contributed by atoms with Crippen molar-refractivity contribution in [2.75, 3.05) is 32.5 Å². The summed E-state index contributed by atoms with van der Waals surface area (Å²) in [5.41, 5.74) is 7.88. The second kappa shape index (κ2) is 8.81. The standard InChI is InChI=1S/C16H28N2O/c1-4-10-18(11-5-2)12-6-7-14-13-15(17)8-9-16(14)19-3/h8-9,13H,4-7,10-12,17H2,1-3H3. The first kappa shape index (κ1) is 15.8. The quantitative estimate of drug-likeness (QED) is 0.695. The Morgan fingerprint density at radius 2 is 1.79 bits per heavy atom. The van der Waals surface area contributed by atoms with Gasteiger partial charge in [-0.3, -0.25) is 0 Å². The summed E-state index contributed by atoms with van der Waals surface area (Å²) in [4.78, 5) is 2.54. The lowest BCUT2D eigenvalue weighted by Crippen LogP contribution is -2.26. The maximum absolute atomic E-state index is 5.84. The molecule has 1 aromatic rings. The summed E-state index contributed by atoms with van der Waals surface area (Å²) in [6.07, 6.45) is 4.63. The number of hydrogen-bond acceptors (Lipinski definition) is 3. The zero-order valence-corrected chi connectivity index (χ0v) is 12.6. The van der Waals surface area contributed by atoms with Crippen LogP contribution in [0.1, 0.15) is 38.7 Å². The molecule has 19 heavy (non-hydrogen) atoms. The smallest absolute Gasteiger partial charge is 0.122 e. The van der Waals surface area contributed by atoms with E-state index in [1.54, 1.807) is 7.11 Å². The number of nitrogens with two attached hydrogens (primary N) is 1. The van der Waals surface area contributed by atoms with Crippen LogP contribution in [-0.2, 0) is 6.42 Å². The number of aryl methyl sites for hydroxylation is 1. The molecule has 0 aliphatic rings. The van der Waals surface area contributed by atoms with Gasteiger partial charge in [-0.25, -0.2) is 0 Å². The number of nitrogens with zero attached hydrogens (tertiary/aromatic N) is 1. The van der Waals surface area contributed by atoms with Crippen LogP contribution in [0.15, 0.2) is 18.2 Å². The first-order chi connectivity index (χ1) is 9.21. The summed E-state index contributed by atoms with van der Waals surface area (Å²) in [6.45, 7) is 8.02. The van der Waals surface area contributed by atoms with E-state index in [1.165, 1.54) is 31.5 Å². The average molecular weight is 264 g/mol. The minimum Gasteiger partial charge on any atom is -0.496 e. The lowest BCUT2D eigenvalue weighted by atomic mass is 10.1. The average Bonchev–Trinajstić information content (AvgIpc) is 2.39. The molecule has 1 aromatic carbocycles. The molecule has 0 heterocycles. The summed E-state index contributed by atoms with van der Waals surface area (Å²) in [5, 5.41) is 0. The molecular formula is C16H28N2O. The Kier molecular flexibility index (Phi) is 7.34. The van der Waals surface area contributed by atoms with Crippen LogP contribution in [0.4, 0.5) is 5.69 Å². The fourth-order valence-electron chi connectivity index (χ4n) is 2.45. The largest absolute Gasteiger partial charge is 0.496 e. The van der Waals surface area contributed by atoms with Gasteiger partial charge in [0.25, 0.3) is 0 Å².